The van der Waals surface area contributed by atoms with E-state index >= 15 is 0 Å². The van der Waals surface area contributed by atoms with Crippen molar-refractivity contribution in [2.75, 3.05) is 0 Å². The summed E-state index contributed by atoms with van der Waals surface area (Å²) in [4.78, 5) is 10.8. The van der Waals surface area contributed by atoms with Gasteiger partial charge in [0.25, 0.3) is 0 Å². The Morgan fingerprint density at radius 1 is 1.36 bits per heavy atom. The van der Waals surface area contributed by atoms with E-state index < -0.39 is 0 Å². The lowest BCUT2D eigenvalue weighted by Crippen LogP contribution is -1.92. The van der Waals surface area contributed by atoms with Crippen molar-refractivity contribution in [3.63, 3.8) is 0 Å². The van der Waals surface area contributed by atoms with Crippen molar-refractivity contribution in [2.45, 2.75) is 20.3 Å². The van der Waals surface area contributed by atoms with Gasteiger partial charge in [-0.25, -0.2) is 9.97 Å². The Hall–Kier alpha value is -1.58. The van der Waals surface area contributed by atoms with E-state index in [0.717, 1.165) is 18.1 Å². The predicted octanol–water partition coefficient (Wildman–Crippen LogP) is 1.70. The molecule has 2 rings (SSSR count). The molecule has 0 aliphatic heterocycles. The maximum atomic E-state index is 4.10. The minimum absolute atomic E-state index is 0.968. The number of nitrogens with zero attached hydrogens (tertiary/aromatic N) is 3. The fourth-order valence-electron chi connectivity index (χ4n) is 1.08. The van der Waals surface area contributed by atoms with Gasteiger partial charge in [-0.05, 0) is 6.92 Å². The van der Waals surface area contributed by atoms with Crippen LogP contribution in [0, 0.1) is 6.92 Å². The fraction of sp³-hybridized carbons (Fsp3) is 0.400. The Bertz CT molecular complexity index is 348. The van der Waals surface area contributed by atoms with E-state index in [-0.39, 0.29) is 0 Å². The summed E-state index contributed by atoms with van der Waals surface area (Å²) in [5.74, 6) is 2.11. The van der Waals surface area contributed by atoms with Gasteiger partial charge in [0.1, 0.15) is 11.6 Å². The molecule has 4 nitrogen and oxygen atoms in total. The summed E-state index contributed by atoms with van der Waals surface area (Å²) in [7, 11) is 2.01. The van der Waals surface area contributed by atoms with Crippen LogP contribution in [0.1, 0.15) is 18.6 Å². The zero-order valence-corrected chi connectivity index (χ0v) is 8.86. The van der Waals surface area contributed by atoms with Gasteiger partial charge in [-0.15, -0.1) is 0 Å². The third-order valence-electron chi connectivity index (χ3n) is 1.87. The van der Waals surface area contributed by atoms with Crippen molar-refractivity contribution in [1.82, 2.24) is 19.5 Å². The fourth-order valence-corrected chi connectivity index (χ4v) is 1.08. The van der Waals surface area contributed by atoms with Crippen LogP contribution in [-0.2, 0) is 13.5 Å². The molecule has 0 saturated heterocycles. The largest absolute Gasteiger partial charge is 0.349 e. The van der Waals surface area contributed by atoms with Crippen LogP contribution in [0.25, 0.3) is 0 Å². The smallest absolute Gasteiger partial charge is 0.108 e. The predicted molar refractivity (Wildman–Crippen MR) is 55.9 cm³/mol. The molecule has 0 aliphatic rings. The molecule has 0 aromatic carbocycles. The molecule has 0 spiro atoms. The Morgan fingerprint density at radius 3 is 2.36 bits per heavy atom. The number of aryl methyl sites for hydroxylation is 3. The number of imidazole rings is 2. The van der Waals surface area contributed by atoms with Gasteiger partial charge in [0, 0.05) is 38.3 Å². The highest BCUT2D eigenvalue weighted by Crippen LogP contribution is 1.92. The van der Waals surface area contributed by atoms with E-state index in [4.69, 9.17) is 0 Å². The Morgan fingerprint density at radius 2 is 2.14 bits per heavy atom. The van der Waals surface area contributed by atoms with Gasteiger partial charge in [-0.2, -0.15) is 0 Å². The molecule has 2 aromatic heterocycles. The summed E-state index contributed by atoms with van der Waals surface area (Å²) in [5.41, 5.74) is 0. The molecular formula is C10H16N4. The Balaban J connectivity index is 0.000000146. The minimum atomic E-state index is 0.968. The highest BCUT2D eigenvalue weighted by Gasteiger charge is 1.90. The maximum Gasteiger partial charge on any atom is 0.108 e. The highest BCUT2D eigenvalue weighted by atomic mass is 15.0. The molecule has 0 atom stereocenters. The number of hydrogen-bond donors (Lipinski definition) is 1. The zero-order valence-electron chi connectivity index (χ0n) is 8.86. The van der Waals surface area contributed by atoms with Crippen LogP contribution in [0.15, 0.2) is 24.8 Å². The highest BCUT2D eigenvalue weighted by molar-refractivity contribution is 4.89. The molecule has 0 radical (unpaired) electrons. The average molecular weight is 192 g/mol. The van der Waals surface area contributed by atoms with Crippen molar-refractivity contribution < 1.29 is 0 Å². The normalized spacial score (nSPS) is 9.36. The number of rotatable bonds is 1. The van der Waals surface area contributed by atoms with Gasteiger partial charge in [0.05, 0.1) is 0 Å². The van der Waals surface area contributed by atoms with Crippen molar-refractivity contribution in [1.29, 1.82) is 0 Å². The topological polar surface area (TPSA) is 46.5 Å². The summed E-state index contributed by atoms with van der Waals surface area (Å²) >= 11 is 0. The molecule has 0 fully saturated rings. The molecule has 0 bridgehead atoms. The molecule has 76 valence electrons. The second-order valence-corrected chi connectivity index (χ2v) is 2.98. The molecule has 2 heterocycles. The molecular weight excluding hydrogens is 176 g/mol. The van der Waals surface area contributed by atoms with Gasteiger partial charge in [0.2, 0.25) is 0 Å². The maximum absolute atomic E-state index is 4.10. The third kappa shape index (κ3) is 3.05. The van der Waals surface area contributed by atoms with E-state index in [0.29, 0.717) is 0 Å². The summed E-state index contributed by atoms with van der Waals surface area (Å²) < 4.78 is 2.03. The number of hydrogen-bond acceptors (Lipinski definition) is 2. The molecule has 14 heavy (non-hydrogen) atoms. The third-order valence-corrected chi connectivity index (χ3v) is 1.87. The molecule has 0 aliphatic carbocycles. The average Bonchev–Trinajstić information content (AvgIpc) is 2.77. The van der Waals surface area contributed by atoms with Crippen LogP contribution in [-0.4, -0.2) is 19.5 Å². The molecule has 0 unspecified atom stereocenters. The number of aromatic nitrogens is 4. The second-order valence-electron chi connectivity index (χ2n) is 2.98. The van der Waals surface area contributed by atoms with Gasteiger partial charge < -0.3 is 9.55 Å². The number of aromatic amines is 1. The van der Waals surface area contributed by atoms with Crippen LogP contribution in [0.2, 0.25) is 0 Å². The van der Waals surface area contributed by atoms with Gasteiger partial charge in [-0.1, -0.05) is 6.92 Å². The van der Waals surface area contributed by atoms with E-state index in [1.165, 1.54) is 0 Å². The van der Waals surface area contributed by atoms with Crippen molar-refractivity contribution in [3.05, 3.63) is 36.4 Å². The van der Waals surface area contributed by atoms with E-state index in [1.54, 1.807) is 12.4 Å². The SMILES string of the molecule is CCc1nccn1C.Cc1ncc[nH]1. The Labute approximate surface area is 84.0 Å². The van der Waals surface area contributed by atoms with E-state index in [2.05, 4.69) is 21.9 Å². The zero-order chi connectivity index (χ0) is 10.4. The summed E-state index contributed by atoms with van der Waals surface area (Å²) in [6.07, 6.45) is 8.33. The molecule has 4 heteroatoms. The second kappa shape index (κ2) is 5.21. The summed E-state index contributed by atoms with van der Waals surface area (Å²) in [6.45, 7) is 4.02. The van der Waals surface area contributed by atoms with E-state index in [1.807, 2.05) is 30.9 Å². The van der Waals surface area contributed by atoms with Gasteiger partial charge in [0.15, 0.2) is 0 Å². The minimum Gasteiger partial charge on any atom is -0.349 e. The first kappa shape index (κ1) is 10.5. The van der Waals surface area contributed by atoms with Gasteiger partial charge >= 0.3 is 0 Å². The van der Waals surface area contributed by atoms with Crippen LogP contribution in [0.3, 0.4) is 0 Å². The van der Waals surface area contributed by atoms with Crippen molar-refractivity contribution >= 4 is 0 Å². The van der Waals surface area contributed by atoms with Crippen LogP contribution >= 0.6 is 0 Å². The molecule has 2 aromatic rings. The lowest BCUT2D eigenvalue weighted by molar-refractivity contribution is 0.808. The van der Waals surface area contributed by atoms with Crippen molar-refractivity contribution in [3.8, 4) is 0 Å². The molecule has 0 saturated carbocycles. The Kier molecular flexibility index (Phi) is 3.91. The van der Waals surface area contributed by atoms with Gasteiger partial charge in [-0.3, -0.25) is 0 Å². The monoisotopic (exact) mass is 192 g/mol. The van der Waals surface area contributed by atoms with Crippen LogP contribution in [0.5, 0.6) is 0 Å². The summed E-state index contributed by atoms with van der Waals surface area (Å²) in [6, 6.07) is 0. The standard InChI is InChI=1S/C6H10N2.C4H6N2/c1-3-6-7-4-5-8(6)2;1-4-5-2-3-6-4/h4-5H,3H2,1-2H3;2-3H,1H3,(H,5,6). The number of nitrogens with one attached hydrogen (secondary N) is 1. The number of H-pyrrole nitrogens is 1. The van der Waals surface area contributed by atoms with Crippen LogP contribution < -0.4 is 0 Å². The van der Waals surface area contributed by atoms with Crippen molar-refractivity contribution in [2.24, 2.45) is 7.05 Å². The lowest BCUT2D eigenvalue weighted by Gasteiger charge is -1.92. The van der Waals surface area contributed by atoms with Crippen LogP contribution in [0.4, 0.5) is 0 Å². The van der Waals surface area contributed by atoms with E-state index in [9.17, 15) is 0 Å². The quantitative estimate of drug-likeness (QED) is 0.747. The lowest BCUT2D eigenvalue weighted by atomic mass is 10.5. The summed E-state index contributed by atoms with van der Waals surface area (Å²) in [5, 5.41) is 0. The first-order valence-electron chi connectivity index (χ1n) is 4.66. The molecule has 0 amide bonds. The first-order chi connectivity index (χ1) is 6.74. The first-order valence-corrected chi connectivity index (χ1v) is 4.66. The molecule has 1 N–H and O–H groups in total.